The van der Waals surface area contributed by atoms with Crippen molar-refractivity contribution in [1.29, 1.82) is 0 Å². The Labute approximate surface area is 46.2 Å². The largest absolute Gasteiger partial charge is 0.393 e. The average Bonchev–Trinajstić information content (AvgIpc) is 1.84. The Morgan fingerprint density at radius 3 is 2.29 bits per heavy atom. The minimum atomic E-state index is 0.194. The van der Waals surface area contributed by atoms with E-state index in [1.807, 2.05) is 0 Å². The fourth-order valence-electron chi connectivity index (χ4n) is 0.919. The van der Waals surface area contributed by atoms with Crippen molar-refractivity contribution in [2.45, 2.75) is 18.2 Å². The summed E-state index contributed by atoms with van der Waals surface area (Å²) < 4.78 is 5.34. The molecule has 1 aliphatic heterocycles. The zero-order valence-corrected chi connectivity index (χ0v) is 5.03. The van der Waals surface area contributed by atoms with E-state index in [0.29, 0.717) is 0 Å². The Balaban J connectivity index is 2.40. The van der Waals surface area contributed by atoms with Gasteiger partial charge in [0.25, 0.3) is 0 Å². The first-order valence-electron chi connectivity index (χ1n) is 2.85. The number of ether oxygens (including phenoxy) is 1. The molecule has 1 nitrogen and oxygen atoms in total. The van der Waals surface area contributed by atoms with Crippen molar-refractivity contribution in [3.05, 3.63) is 0 Å². The van der Waals surface area contributed by atoms with E-state index in [0.717, 1.165) is 6.61 Å². The van der Waals surface area contributed by atoms with Crippen LogP contribution in [0.5, 0.6) is 0 Å². The van der Waals surface area contributed by atoms with Crippen molar-refractivity contribution in [3.8, 4) is 0 Å². The molecule has 1 saturated heterocycles. The summed E-state index contributed by atoms with van der Waals surface area (Å²) in [6.45, 7) is 0.965. The zero-order chi connectivity index (χ0) is 5.33. The Kier molecular flexibility index (Phi) is 1.16. The molecule has 38 valence electrons. The third kappa shape index (κ3) is 1.23. The molecule has 0 amide bonds. The molecule has 7 heavy (non-hydrogen) atoms. The molecule has 0 aromatic heterocycles. The number of rotatable bonds is 0. The molecule has 1 fully saturated rings. The lowest BCUT2D eigenvalue weighted by atomic mass is 9.64. The Morgan fingerprint density at radius 2 is 2.14 bits per heavy atom. The summed E-state index contributed by atoms with van der Waals surface area (Å²) in [6.07, 6.45) is 2.47. The van der Waals surface area contributed by atoms with Crippen LogP contribution in [-0.4, -0.2) is 27.7 Å². The van der Waals surface area contributed by atoms with Gasteiger partial charge in [0.1, 0.15) is 15.7 Å². The highest BCUT2D eigenvalue weighted by Gasteiger charge is 2.22. The second-order valence-corrected chi connectivity index (χ2v) is 2.71. The molecular formula is C4H10B2O. The fraction of sp³-hybridized carbons (Fsp3) is 1.00. The van der Waals surface area contributed by atoms with Crippen LogP contribution in [0.1, 0.15) is 12.8 Å². The highest BCUT2D eigenvalue weighted by molar-refractivity contribution is 6.39. The summed E-state index contributed by atoms with van der Waals surface area (Å²) in [5.74, 6) is 0. The van der Waals surface area contributed by atoms with Crippen LogP contribution in [0.2, 0.25) is 0 Å². The van der Waals surface area contributed by atoms with E-state index in [1.165, 1.54) is 12.8 Å². The highest BCUT2D eigenvalue weighted by atomic mass is 16.5. The molecule has 1 aliphatic rings. The van der Waals surface area contributed by atoms with Gasteiger partial charge >= 0.3 is 0 Å². The van der Waals surface area contributed by atoms with Gasteiger partial charge < -0.3 is 4.74 Å². The van der Waals surface area contributed by atoms with Crippen LogP contribution < -0.4 is 0 Å². The van der Waals surface area contributed by atoms with Gasteiger partial charge in [0.05, 0.1) is 0 Å². The quantitative estimate of drug-likeness (QED) is 0.341. The molecule has 0 saturated carbocycles. The Morgan fingerprint density at radius 1 is 1.43 bits per heavy atom. The van der Waals surface area contributed by atoms with Gasteiger partial charge in [-0.05, 0) is 12.8 Å². The van der Waals surface area contributed by atoms with E-state index in [1.54, 1.807) is 0 Å². The molecule has 0 aliphatic carbocycles. The lowest BCUT2D eigenvalue weighted by Crippen LogP contribution is -2.27. The summed E-state index contributed by atoms with van der Waals surface area (Å²) in [6, 6.07) is 0. The average molecular weight is 95.7 g/mol. The van der Waals surface area contributed by atoms with Gasteiger partial charge in [0.15, 0.2) is 0 Å². The van der Waals surface area contributed by atoms with Crippen molar-refractivity contribution in [3.63, 3.8) is 0 Å². The highest BCUT2D eigenvalue weighted by Crippen LogP contribution is 2.17. The molecule has 0 unspecified atom stereocenters. The lowest BCUT2D eigenvalue weighted by Gasteiger charge is -2.14. The minimum absolute atomic E-state index is 0.194. The molecule has 0 bridgehead atoms. The molecule has 0 N–H and O–H groups in total. The molecule has 0 aromatic rings. The van der Waals surface area contributed by atoms with Crippen molar-refractivity contribution < 1.29 is 4.74 Å². The number of hydrogen-bond acceptors (Lipinski definition) is 1. The molecule has 0 aromatic carbocycles. The first kappa shape index (κ1) is 5.23. The second kappa shape index (κ2) is 1.55. The summed E-state index contributed by atoms with van der Waals surface area (Å²) in [5, 5.41) is 0.194. The second-order valence-electron chi connectivity index (χ2n) is 2.71. The minimum Gasteiger partial charge on any atom is -0.393 e. The van der Waals surface area contributed by atoms with Crippen LogP contribution in [0.4, 0.5) is 0 Å². The van der Waals surface area contributed by atoms with E-state index >= 15 is 0 Å². The van der Waals surface area contributed by atoms with Gasteiger partial charge in [0.2, 0.25) is 0 Å². The predicted octanol–water partition coefficient (Wildman–Crippen LogP) is -1.28. The standard InChI is InChI=1S/C4H10B2O/c5-4(6)2-1-3-7-4/h1-3,5-6H2. The maximum Gasteiger partial charge on any atom is 0.131 e. The van der Waals surface area contributed by atoms with E-state index in [2.05, 4.69) is 15.7 Å². The van der Waals surface area contributed by atoms with Crippen LogP contribution in [0.15, 0.2) is 0 Å². The van der Waals surface area contributed by atoms with Crippen LogP contribution >= 0.6 is 0 Å². The monoisotopic (exact) mass is 96.1 g/mol. The van der Waals surface area contributed by atoms with E-state index in [-0.39, 0.29) is 5.40 Å². The van der Waals surface area contributed by atoms with Crippen LogP contribution in [0.3, 0.4) is 0 Å². The molecule has 1 rings (SSSR count). The fourth-order valence-corrected chi connectivity index (χ4v) is 0.919. The predicted molar refractivity (Wildman–Crippen MR) is 35.0 cm³/mol. The maximum absolute atomic E-state index is 5.34. The third-order valence-corrected chi connectivity index (χ3v) is 1.42. The van der Waals surface area contributed by atoms with Gasteiger partial charge in [-0.15, -0.1) is 0 Å². The van der Waals surface area contributed by atoms with E-state index in [9.17, 15) is 0 Å². The molecular weight excluding hydrogens is 85.7 g/mol. The molecule has 0 radical (unpaired) electrons. The third-order valence-electron chi connectivity index (χ3n) is 1.42. The maximum atomic E-state index is 5.34. The van der Waals surface area contributed by atoms with Crippen molar-refractivity contribution in [1.82, 2.24) is 0 Å². The van der Waals surface area contributed by atoms with Crippen molar-refractivity contribution >= 4 is 15.7 Å². The van der Waals surface area contributed by atoms with Gasteiger partial charge in [-0.3, -0.25) is 0 Å². The summed E-state index contributed by atoms with van der Waals surface area (Å²) in [4.78, 5) is 0. The smallest absolute Gasteiger partial charge is 0.131 e. The van der Waals surface area contributed by atoms with Gasteiger partial charge in [0, 0.05) is 12.0 Å². The molecule has 3 heteroatoms. The normalized spacial score (nSPS) is 28.0. The molecule has 0 spiro atoms. The van der Waals surface area contributed by atoms with E-state index in [4.69, 9.17) is 4.74 Å². The Bertz CT molecular complexity index is 64.1. The van der Waals surface area contributed by atoms with Crippen LogP contribution in [0, 0.1) is 0 Å². The van der Waals surface area contributed by atoms with Crippen LogP contribution in [-0.2, 0) is 4.74 Å². The zero-order valence-electron chi connectivity index (χ0n) is 5.03. The first-order chi connectivity index (χ1) is 3.21. The topological polar surface area (TPSA) is 9.23 Å². The lowest BCUT2D eigenvalue weighted by molar-refractivity contribution is 0.137. The number of hydrogen-bond donors (Lipinski definition) is 0. The summed E-state index contributed by atoms with van der Waals surface area (Å²) in [7, 11) is 4.28. The summed E-state index contributed by atoms with van der Waals surface area (Å²) in [5.41, 5.74) is 0. The molecule has 1 heterocycles. The first-order valence-corrected chi connectivity index (χ1v) is 2.85. The van der Waals surface area contributed by atoms with Gasteiger partial charge in [-0.1, -0.05) is 0 Å². The van der Waals surface area contributed by atoms with Gasteiger partial charge in [-0.25, -0.2) is 0 Å². The van der Waals surface area contributed by atoms with E-state index < -0.39 is 0 Å². The van der Waals surface area contributed by atoms with Crippen molar-refractivity contribution in [2.75, 3.05) is 6.61 Å². The Hall–Kier alpha value is 0.0899. The molecule has 0 atom stereocenters. The van der Waals surface area contributed by atoms with Gasteiger partial charge in [-0.2, -0.15) is 0 Å². The van der Waals surface area contributed by atoms with Crippen molar-refractivity contribution in [2.24, 2.45) is 0 Å². The summed E-state index contributed by atoms with van der Waals surface area (Å²) >= 11 is 0. The SMILES string of the molecule is BC1(B)CCCO1. The van der Waals surface area contributed by atoms with Crippen LogP contribution in [0.25, 0.3) is 0 Å².